The molecule has 82 valence electrons. The quantitative estimate of drug-likeness (QED) is 0.630. The molecule has 15 heavy (non-hydrogen) atoms. The lowest BCUT2D eigenvalue weighted by molar-refractivity contribution is -0.139. The van der Waals surface area contributed by atoms with Crippen LogP contribution in [0.1, 0.15) is 11.1 Å². The second-order valence-corrected chi connectivity index (χ2v) is 4.50. The predicted molar refractivity (Wildman–Crippen MR) is 64.4 cm³/mol. The van der Waals surface area contributed by atoms with Crippen molar-refractivity contribution in [2.24, 2.45) is 0 Å². The predicted octanol–water partition coefficient (Wildman–Crippen LogP) is 3.56. The number of benzene rings is 1. The van der Waals surface area contributed by atoms with Crippen LogP contribution < -0.4 is 0 Å². The molecular formula is C10H9BrCl2O2. The molecule has 1 rings (SSSR count). The molecule has 0 atom stereocenters. The van der Waals surface area contributed by atoms with Crippen molar-refractivity contribution in [1.82, 2.24) is 0 Å². The first kappa shape index (κ1) is 12.8. The topological polar surface area (TPSA) is 26.3 Å². The normalized spacial score (nSPS) is 10.1. The molecule has 0 heterocycles. The third-order valence-corrected chi connectivity index (χ3v) is 3.01. The highest BCUT2D eigenvalue weighted by molar-refractivity contribution is 9.10. The van der Waals surface area contributed by atoms with E-state index >= 15 is 0 Å². The molecule has 1 aromatic carbocycles. The molecule has 0 aliphatic heterocycles. The maximum Gasteiger partial charge on any atom is 0.309 e. The Hall–Kier alpha value is -0.250. The summed E-state index contributed by atoms with van der Waals surface area (Å²) in [7, 11) is 1.35. The Morgan fingerprint density at radius 3 is 2.73 bits per heavy atom. The second kappa shape index (κ2) is 5.73. The Kier molecular flexibility index (Phi) is 4.90. The van der Waals surface area contributed by atoms with E-state index in [1.807, 2.05) is 6.07 Å². The van der Waals surface area contributed by atoms with Gasteiger partial charge in [0.25, 0.3) is 0 Å². The number of alkyl halides is 1. The summed E-state index contributed by atoms with van der Waals surface area (Å²) in [5.74, 6) is -0.0335. The summed E-state index contributed by atoms with van der Waals surface area (Å²) in [5.41, 5.74) is 1.56. The van der Waals surface area contributed by atoms with Crippen LogP contribution in [0.3, 0.4) is 0 Å². The van der Waals surface area contributed by atoms with E-state index in [-0.39, 0.29) is 18.3 Å². The highest BCUT2D eigenvalue weighted by atomic mass is 79.9. The molecule has 0 N–H and O–H groups in total. The lowest BCUT2D eigenvalue weighted by atomic mass is 10.1. The van der Waals surface area contributed by atoms with Crippen molar-refractivity contribution < 1.29 is 9.53 Å². The average Bonchev–Trinajstić information content (AvgIpc) is 2.17. The van der Waals surface area contributed by atoms with Gasteiger partial charge in [-0.1, -0.05) is 27.5 Å². The molecule has 0 amide bonds. The number of methoxy groups -OCH3 is 1. The fourth-order valence-corrected chi connectivity index (χ4v) is 2.52. The number of esters is 1. The van der Waals surface area contributed by atoms with Gasteiger partial charge < -0.3 is 4.74 Å². The van der Waals surface area contributed by atoms with Crippen LogP contribution in [0.25, 0.3) is 0 Å². The largest absolute Gasteiger partial charge is 0.469 e. The van der Waals surface area contributed by atoms with Crippen molar-refractivity contribution in [3.63, 3.8) is 0 Å². The van der Waals surface area contributed by atoms with Gasteiger partial charge in [-0.05, 0) is 23.3 Å². The van der Waals surface area contributed by atoms with Gasteiger partial charge in [-0.25, -0.2) is 0 Å². The van der Waals surface area contributed by atoms with Crippen molar-refractivity contribution in [3.05, 3.63) is 32.8 Å². The summed E-state index contributed by atoms with van der Waals surface area (Å²) >= 11 is 15.1. The van der Waals surface area contributed by atoms with E-state index in [9.17, 15) is 4.79 Å². The number of carbonyl (C=O) groups is 1. The molecule has 1 aromatic rings. The third kappa shape index (κ3) is 3.37. The van der Waals surface area contributed by atoms with Crippen LogP contribution in [0, 0.1) is 0 Å². The first-order valence-corrected chi connectivity index (χ1v) is 5.88. The van der Waals surface area contributed by atoms with E-state index in [0.29, 0.717) is 5.02 Å². The molecule has 0 unspecified atom stereocenters. The fraction of sp³-hybridized carbons (Fsp3) is 0.300. The zero-order valence-corrected chi connectivity index (χ0v) is 11.1. The second-order valence-electron chi connectivity index (χ2n) is 2.91. The van der Waals surface area contributed by atoms with E-state index in [1.165, 1.54) is 7.11 Å². The lowest BCUT2D eigenvalue weighted by Gasteiger charge is -2.09. The van der Waals surface area contributed by atoms with E-state index in [1.54, 1.807) is 6.07 Å². The molecule has 0 fully saturated rings. The van der Waals surface area contributed by atoms with Crippen LogP contribution in [0.4, 0.5) is 0 Å². The van der Waals surface area contributed by atoms with Crippen LogP contribution in [-0.2, 0) is 21.8 Å². The van der Waals surface area contributed by atoms with Gasteiger partial charge in [0, 0.05) is 15.4 Å². The van der Waals surface area contributed by atoms with Crippen molar-refractivity contribution in [1.29, 1.82) is 0 Å². The molecule has 2 nitrogen and oxygen atoms in total. The zero-order chi connectivity index (χ0) is 11.4. The Labute approximate surface area is 107 Å². The summed E-state index contributed by atoms with van der Waals surface area (Å²) in [6.07, 6.45) is 0.178. The van der Waals surface area contributed by atoms with Crippen LogP contribution in [0.15, 0.2) is 16.6 Å². The summed E-state index contributed by atoms with van der Waals surface area (Å²) < 4.78 is 5.41. The molecule has 0 radical (unpaired) electrons. The average molecular weight is 312 g/mol. The summed E-state index contributed by atoms with van der Waals surface area (Å²) in [6, 6.07) is 3.57. The van der Waals surface area contributed by atoms with Crippen molar-refractivity contribution >= 4 is 45.1 Å². The van der Waals surface area contributed by atoms with Crippen LogP contribution in [-0.4, -0.2) is 13.1 Å². The Balaban J connectivity index is 3.09. The Morgan fingerprint density at radius 1 is 1.53 bits per heavy atom. The molecule has 0 aliphatic rings. The molecule has 5 heteroatoms. The fourth-order valence-electron chi connectivity index (χ4n) is 1.19. The minimum absolute atomic E-state index is 0.178. The number of hydrogen-bond donors (Lipinski definition) is 0. The summed E-state index contributed by atoms with van der Waals surface area (Å²) in [5, 5.41) is 0.554. The van der Waals surface area contributed by atoms with E-state index in [0.717, 1.165) is 15.6 Å². The number of rotatable bonds is 3. The van der Waals surface area contributed by atoms with Gasteiger partial charge in [-0.3, -0.25) is 4.79 Å². The highest BCUT2D eigenvalue weighted by Crippen LogP contribution is 2.27. The molecule has 0 aromatic heterocycles. The number of ether oxygens (including phenoxy) is 1. The van der Waals surface area contributed by atoms with E-state index < -0.39 is 0 Å². The molecule has 0 bridgehead atoms. The van der Waals surface area contributed by atoms with E-state index in [4.69, 9.17) is 23.2 Å². The van der Waals surface area contributed by atoms with Crippen molar-refractivity contribution in [2.45, 2.75) is 12.3 Å². The molecule has 0 saturated heterocycles. The van der Waals surface area contributed by atoms with Gasteiger partial charge in [0.1, 0.15) is 0 Å². The lowest BCUT2D eigenvalue weighted by Crippen LogP contribution is -2.06. The first-order chi connectivity index (χ1) is 7.08. The zero-order valence-electron chi connectivity index (χ0n) is 8.02. The van der Waals surface area contributed by atoms with Gasteiger partial charge in [0.2, 0.25) is 0 Å². The maximum absolute atomic E-state index is 11.1. The van der Waals surface area contributed by atoms with Crippen molar-refractivity contribution in [2.75, 3.05) is 7.11 Å². The third-order valence-electron chi connectivity index (χ3n) is 1.95. The maximum atomic E-state index is 11.1. The minimum atomic E-state index is -0.310. The van der Waals surface area contributed by atoms with Gasteiger partial charge in [-0.15, -0.1) is 11.6 Å². The van der Waals surface area contributed by atoms with Gasteiger partial charge in [-0.2, -0.15) is 0 Å². The highest BCUT2D eigenvalue weighted by Gasteiger charge is 2.11. The van der Waals surface area contributed by atoms with Crippen LogP contribution in [0.2, 0.25) is 5.02 Å². The Morgan fingerprint density at radius 2 is 2.20 bits per heavy atom. The van der Waals surface area contributed by atoms with Gasteiger partial charge in [0.05, 0.1) is 13.5 Å². The van der Waals surface area contributed by atoms with Crippen LogP contribution in [0.5, 0.6) is 0 Å². The minimum Gasteiger partial charge on any atom is -0.469 e. The molecule has 0 spiro atoms. The summed E-state index contributed by atoms with van der Waals surface area (Å²) in [4.78, 5) is 11.1. The number of hydrogen-bond acceptors (Lipinski definition) is 2. The number of carbonyl (C=O) groups excluding carboxylic acids is 1. The first-order valence-electron chi connectivity index (χ1n) is 4.18. The van der Waals surface area contributed by atoms with Gasteiger partial charge in [0.15, 0.2) is 0 Å². The summed E-state index contributed by atoms with van der Waals surface area (Å²) in [6.45, 7) is 0. The Bertz CT molecular complexity index is 380. The van der Waals surface area contributed by atoms with Crippen molar-refractivity contribution in [3.8, 4) is 0 Å². The SMILES string of the molecule is COC(=O)Cc1cc(Br)cc(Cl)c1CCl. The molecule has 0 saturated carbocycles. The smallest absolute Gasteiger partial charge is 0.309 e. The van der Waals surface area contributed by atoms with Crippen LogP contribution >= 0.6 is 39.1 Å². The number of halogens is 3. The van der Waals surface area contributed by atoms with Gasteiger partial charge >= 0.3 is 5.97 Å². The van der Waals surface area contributed by atoms with E-state index in [2.05, 4.69) is 20.7 Å². The molecule has 0 aliphatic carbocycles. The monoisotopic (exact) mass is 310 g/mol. The standard InChI is InChI=1S/C10H9BrCl2O2/c1-15-10(14)3-6-2-7(11)4-9(13)8(6)5-12/h2,4H,3,5H2,1H3. The molecular weight excluding hydrogens is 303 g/mol.